The summed E-state index contributed by atoms with van der Waals surface area (Å²) in [5.41, 5.74) is 0.455. The zero-order valence-corrected chi connectivity index (χ0v) is 14.5. The molecule has 1 aliphatic rings. The second kappa shape index (κ2) is 6.63. The molecule has 1 aliphatic carbocycles. The summed E-state index contributed by atoms with van der Waals surface area (Å²) in [6.45, 7) is 8.60. The Hall–Kier alpha value is -2.37. The molecule has 0 spiro atoms. The average Bonchev–Trinajstić information content (AvgIpc) is 3.11. The molecule has 0 bridgehead atoms. The lowest BCUT2D eigenvalue weighted by Crippen LogP contribution is -2.30. The van der Waals surface area contributed by atoms with E-state index >= 15 is 0 Å². The molecule has 2 N–H and O–H groups in total. The van der Waals surface area contributed by atoms with Gasteiger partial charge in [0, 0.05) is 24.3 Å². The summed E-state index contributed by atoms with van der Waals surface area (Å²) in [6.07, 6.45) is 0. The second-order valence-corrected chi connectivity index (χ2v) is 6.66. The Balaban J connectivity index is 2.12. The van der Waals surface area contributed by atoms with Crippen molar-refractivity contribution in [1.82, 2.24) is 4.90 Å². The van der Waals surface area contributed by atoms with Crippen LogP contribution in [0.5, 0.6) is 0 Å². The fourth-order valence-electron chi connectivity index (χ4n) is 3.23. The van der Waals surface area contributed by atoms with Crippen LogP contribution in [0.1, 0.15) is 38.1 Å². The zero-order chi connectivity index (χ0) is 18.1. The standard InChI is InChI=1S/C18H24N2O4/c1-5-20(6-2)16(22)11-8-7-9-12(10-11)19-15(21)13-14(17(23)24)18(13,3)4/h7-10,13-14H,5-6H2,1-4H3,(H,19,21)(H,23,24)/t13-,14+/m0/s1. The van der Waals surface area contributed by atoms with E-state index in [0.717, 1.165) is 0 Å². The van der Waals surface area contributed by atoms with Gasteiger partial charge in [-0.05, 0) is 37.5 Å². The van der Waals surface area contributed by atoms with E-state index in [0.29, 0.717) is 24.3 Å². The first-order valence-corrected chi connectivity index (χ1v) is 8.17. The minimum atomic E-state index is -0.953. The van der Waals surface area contributed by atoms with Crippen LogP contribution in [0.2, 0.25) is 0 Å². The van der Waals surface area contributed by atoms with Gasteiger partial charge in [-0.25, -0.2) is 0 Å². The molecule has 0 radical (unpaired) electrons. The van der Waals surface area contributed by atoms with E-state index in [2.05, 4.69) is 5.32 Å². The van der Waals surface area contributed by atoms with Crippen molar-refractivity contribution in [2.75, 3.05) is 18.4 Å². The summed E-state index contributed by atoms with van der Waals surface area (Å²) in [5.74, 6) is -2.59. The SMILES string of the molecule is CCN(CC)C(=O)c1cccc(NC(=O)[C@@H]2[C@H](C(=O)O)C2(C)C)c1. The number of anilines is 1. The summed E-state index contributed by atoms with van der Waals surface area (Å²) >= 11 is 0. The number of carbonyl (C=O) groups excluding carboxylic acids is 2. The van der Waals surface area contributed by atoms with Gasteiger partial charge < -0.3 is 15.3 Å². The van der Waals surface area contributed by atoms with Gasteiger partial charge in [-0.3, -0.25) is 14.4 Å². The monoisotopic (exact) mass is 332 g/mol. The second-order valence-electron chi connectivity index (χ2n) is 6.66. The van der Waals surface area contributed by atoms with Crippen molar-refractivity contribution in [3.63, 3.8) is 0 Å². The first kappa shape index (κ1) is 18.0. The molecule has 0 heterocycles. The molecule has 2 rings (SSSR count). The van der Waals surface area contributed by atoms with Gasteiger partial charge in [0.25, 0.3) is 5.91 Å². The van der Waals surface area contributed by atoms with Gasteiger partial charge in [-0.15, -0.1) is 0 Å². The first-order chi connectivity index (χ1) is 11.2. The molecule has 2 atom stereocenters. The lowest BCUT2D eigenvalue weighted by atomic mass is 10.1. The Kier molecular flexibility index (Phi) is 4.96. The first-order valence-electron chi connectivity index (χ1n) is 8.17. The van der Waals surface area contributed by atoms with Crippen LogP contribution in [0.4, 0.5) is 5.69 Å². The fraction of sp³-hybridized carbons (Fsp3) is 0.500. The number of aliphatic carboxylic acids is 1. The number of carboxylic acid groups (broad SMARTS) is 1. The van der Waals surface area contributed by atoms with Crippen molar-refractivity contribution < 1.29 is 19.5 Å². The van der Waals surface area contributed by atoms with Crippen LogP contribution in [0.25, 0.3) is 0 Å². The van der Waals surface area contributed by atoms with Gasteiger partial charge in [-0.2, -0.15) is 0 Å². The molecule has 1 aromatic carbocycles. The summed E-state index contributed by atoms with van der Waals surface area (Å²) in [4.78, 5) is 37.6. The van der Waals surface area contributed by atoms with Crippen LogP contribution in [-0.4, -0.2) is 40.9 Å². The molecule has 1 saturated carbocycles. The summed E-state index contributed by atoms with van der Waals surface area (Å²) in [7, 11) is 0. The third kappa shape index (κ3) is 3.27. The normalized spacial score (nSPS) is 21.0. The minimum absolute atomic E-state index is 0.0914. The number of hydrogen-bond acceptors (Lipinski definition) is 3. The van der Waals surface area contributed by atoms with Crippen molar-refractivity contribution in [3.05, 3.63) is 29.8 Å². The van der Waals surface area contributed by atoms with Crippen LogP contribution < -0.4 is 5.32 Å². The van der Waals surface area contributed by atoms with Crippen LogP contribution in [0, 0.1) is 17.3 Å². The molecular weight excluding hydrogens is 308 g/mol. The van der Waals surface area contributed by atoms with Gasteiger partial charge in [0.15, 0.2) is 0 Å². The summed E-state index contributed by atoms with van der Waals surface area (Å²) in [6, 6.07) is 6.74. The third-order valence-corrected chi connectivity index (χ3v) is 4.80. The molecule has 0 unspecified atom stereocenters. The van der Waals surface area contributed by atoms with Crippen molar-refractivity contribution in [2.45, 2.75) is 27.7 Å². The molecule has 0 aliphatic heterocycles. The van der Waals surface area contributed by atoms with Gasteiger partial charge in [0.2, 0.25) is 5.91 Å². The van der Waals surface area contributed by atoms with E-state index in [1.54, 1.807) is 43.0 Å². The number of carboxylic acids is 1. The molecule has 130 valence electrons. The van der Waals surface area contributed by atoms with Gasteiger partial charge in [-0.1, -0.05) is 19.9 Å². The molecule has 2 amide bonds. The molecule has 1 aromatic rings. The average molecular weight is 332 g/mol. The number of benzene rings is 1. The quantitative estimate of drug-likeness (QED) is 0.838. The highest BCUT2D eigenvalue weighted by Gasteiger charge is 2.65. The maximum atomic E-state index is 12.4. The maximum Gasteiger partial charge on any atom is 0.307 e. The molecule has 1 fully saturated rings. The summed E-state index contributed by atoms with van der Waals surface area (Å²) < 4.78 is 0. The van der Waals surface area contributed by atoms with Crippen molar-refractivity contribution in [2.24, 2.45) is 17.3 Å². The number of nitrogens with zero attached hydrogens (tertiary/aromatic N) is 1. The Labute approximate surface area is 141 Å². The minimum Gasteiger partial charge on any atom is -0.481 e. The topological polar surface area (TPSA) is 86.7 Å². The van der Waals surface area contributed by atoms with Crippen LogP contribution >= 0.6 is 0 Å². The number of amides is 2. The number of carbonyl (C=O) groups is 3. The van der Waals surface area contributed by atoms with Gasteiger partial charge >= 0.3 is 5.97 Å². The van der Waals surface area contributed by atoms with E-state index in [1.165, 1.54) is 0 Å². The van der Waals surface area contributed by atoms with Crippen molar-refractivity contribution in [1.29, 1.82) is 0 Å². The largest absolute Gasteiger partial charge is 0.481 e. The lowest BCUT2D eigenvalue weighted by Gasteiger charge is -2.19. The highest BCUT2D eigenvalue weighted by molar-refractivity contribution is 6.01. The van der Waals surface area contributed by atoms with E-state index < -0.39 is 23.2 Å². The molecule has 24 heavy (non-hydrogen) atoms. The number of rotatable bonds is 6. The lowest BCUT2D eigenvalue weighted by molar-refractivity contribution is -0.140. The Morgan fingerprint density at radius 1 is 1.17 bits per heavy atom. The maximum absolute atomic E-state index is 12.4. The van der Waals surface area contributed by atoms with Gasteiger partial charge in [0.1, 0.15) is 0 Å². The van der Waals surface area contributed by atoms with E-state index in [-0.39, 0.29) is 11.8 Å². The van der Waals surface area contributed by atoms with Crippen LogP contribution in [0.15, 0.2) is 24.3 Å². The zero-order valence-electron chi connectivity index (χ0n) is 14.5. The van der Waals surface area contributed by atoms with Crippen LogP contribution in [-0.2, 0) is 9.59 Å². The van der Waals surface area contributed by atoms with Crippen molar-refractivity contribution in [3.8, 4) is 0 Å². The summed E-state index contributed by atoms with van der Waals surface area (Å²) in [5, 5.41) is 11.9. The molecular formula is C18H24N2O4. The van der Waals surface area contributed by atoms with Crippen LogP contribution in [0.3, 0.4) is 0 Å². The number of hydrogen-bond donors (Lipinski definition) is 2. The molecule has 0 saturated heterocycles. The predicted molar refractivity (Wildman–Crippen MR) is 90.7 cm³/mol. The Bertz CT molecular complexity index is 665. The molecule has 6 heteroatoms. The highest BCUT2D eigenvalue weighted by atomic mass is 16.4. The van der Waals surface area contributed by atoms with E-state index in [1.807, 2.05) is 13.8 Å². The fourth-order valence-corrected chi connectivity index (χ4v) is 3.23. The van der Waals surface area contributed by atoms with E-state index in [4.69, 9.17) is 0 Å². The third-order valence-electron chi connectivity index (χ3n) is 4.80. The Morgan fingerprint density at radius 2 is 1.79 bits per heavy atom. The highest BCUT2D eigenvalue weighted by Crippen LogP contribution is 2.58. The molecule has 6 nitrogen and oxygen atoms in total. The predicted octanol–water partition coefficient (Wildman–Crippen LogP) is 2.46. The van der Waals surface area contributed by atoms with Gasteiger partial charge in [0.05, 0.1) is 11.8 Å². The smallest absolute Gasteiger partial charge is 0.307 e. The van der Waals surface area contributed by atoms with Crippen molar-refractivity contribution >= 4 is 23.5 Å². The van der Waals surface area contributed by atoms with E-state index in [9.17, 15) is 19.5 Å². The Morgan fingerprint density at radius 3 is 2.29 bits per heavy atom. The number of nitrogens with one attached hydrogen (secondary N) is 1. The molecule has 0 aromatic heterocycles.